The van der Waals surface area contributed by atoms with Crippen molar-refractivity contribution in [1.82, 2.24) is 10.4 Å². The lowest BCUT2D eigenvalue weighted by Crippen LogP contribution is -2.17. The summed E-state index contributed by atoms with van der Waals surface area (Å²) in [5, 5.41) is 10.2. The number of nitrogens with one attached hydrogen (secondary N) is 2. The van der Waals surface area contributed by atoms with Crippen LogP contribution >= 0.6 is 33.9 Å². The Balaban J connectivity index is 1.37. The average Bonchev–Trinajstić information content (AvgIpc) is 3.37. The SMILES string of the molecule is C=CCOc1c(I)cc(/C=N\NC(=O)c2ccc(-c3csc(Nc4ccc(C)cc4)n3)cc2)cc1OC. The van der Waals surface area contributed by atoms with E-state index in [2.05, 4.69) is 69.1 Å². The van der Waals surface area contributed by atoms with E-state index < -0.39 is 0 Å². The van der Waals surface area contributed by atoms with Crippen LogP contribution in [0, 0.1) is 10.5 Å². The van der Waals surface area contributed by atoms with E-state index in [0.717, 1.165) is 31.2 Å². The molecule has 3 aromatic carbocycles. The molecule has 9 heteroatoms. The summed E-state index contributed by atoms with van der Waals surface area (Å²) in [6.45, 7) is 6.10. The quantitative estimate of drug-likeness (QED) is 0.0878. The first-order valence-electron chi connectivity index (χ1n) is 11.3. The molecule has 2 N–H and O–H groups in total. The number of halogens is 1. The number of rotatable bonds is 10. The van der Waals surface area contributed by atoms with Crippen LogP contribution < -0.4 is 20.2 Å². The van der Waals surface area contributed by atoms with Crippen LogP contribution in [0.4, 0.5) is 10.8 Å². The average molecular weight is 625 g/mol. The maximum absolute atomic E-state index is 12.6. The first-order chi connectivity index (χ1) is 18.0. The summed E-state index contributed by atoms with van der Waals surface area (Å²) in [5.74, 6) is 0.911. The number of ether oxygens (including phenoxy) is 2. The normalized spacial score (nSPS) is 10.8. The van der Waals surface area contributed by atoms with Gasteiger partial charge in [0.05, 0.1) is 22.6 Å². The number of carbonyl (C=O) groups is 1. The summed E-state index contributed by atoms with van der Waals surface area (Å²) in [6.07, 6.45) is 3.23. The number of thiazole rings is 1. The lowest BCUT2D eigenvalue weighted by molar-refractivity contribution is 0.0955. The molecule has 0 aliphatic carbocycles. The number of hydrogen-bond donors (Lipinski definition) is 2. The van der Waals surface area contributed by atoms with Crippen LogP contribution in [-0.2, 0) is 0 Å². The van der Waals surface area contributed by atoms with Crippen LogP contribution in [0.15, 0.2) is 83.8 Å². The Bertz CT molecular complexity index is 1420. The highest BCUT2D eigenvalue weighted by Gasteiger charge is 2.11. The van der Waals surface area contributed by atoms with Gasteiger partial charge < -0.3 is 14.8 Å². The Labute approximate surface area is 233 Å². The van der Waals surface area contributed by atoms with Gasteiger partial charge in [-0.1, -0.05) is 42.5 Å². The lowest BCUT2D eigenvalue weighted by Gasteiger charge is -2.12. The molecule has 0 atom stereocenters. The largest absolute Gasteiger partial charge is 0.493 e. The number of nitrogens with zero attached hydrogens (tertiary/aromatic N) is 2. The van der Waals surface area contributed by atoms with Crippen molar-refractivity contribution in [3.8, 4) is 22.8 Å². The number of benzene rings is 3. The topological polar surface area (TPSA) is 84.8 Å². The van der Waals surface area contributed by atoms with Crippen LogP contribution in [-0.4, -0.2) is 30.8 Å². The Morgan fingerprint density at radius 1 is 1.16 bits per heavy atom. The Morgan fingerprint density at radius 3 is 2.62 bits per heavy atom. The summed E-state index contributed by atoms with van der Waals surface area (Å²) in [7, 11) is 1.57. The maximum Gasteiger partial charge on any atom is 0.271 e. The molecule has 1 amide bonds. The molecule has 1 aromatic heterocycles. The predicted octanol–water partition coefficient (Wildman–Crippen LogP) is 6.80. The summed E-state index contributed by atoms with van der Waals surface area (Å²) in [6, 6.07) is 19.1. The molecule has 0 saturated carbocycles. The molecule has 0 bridgehead atoms. The standard InChI is InChI=1S/C28H25IN4O3S/c1-4-13-36-26-23(29)14-19(15-25(26)35-3)16-30-33-27(34)21-9-7-20(8-10-21)24-17-37-28(32-24)31-22-11-5-18(2)6-12-22/h4-12,14-17H,1,13H2,2-3H3,(H,31,32)(H,33,34)/b30-16-. The summed E-state index contributed by atoms with van der Waals surface area (Å²) in [4.78, 5) is 17.2. The molecule has 0 spiro atoms. The van der Waals surface area contributed by atoms with E-state index >= 15 is 0 Å². The van der Waals surface area contributed by atoms with Crippen molar-refractivity contribution in [3.05, 3.63) is 99.0 Å². The Morgan fingerprint density at radius 2 is 1.92 bits per heavy atom. The Hall–Kier alpha value is -3.70. The Kier molecular flexibility index (Phi) is 8.91. The molecule has 7 nitrogen and oxygen atoms in total. The summed E-state index contributed by atoms with van der Waals surface area (Å²) in [5.41, 5.74) is 7.79. The third-order valence-electron chi connectivity index (χ3n) is 5.23. The molecular weight excluding hydrogens is 599 g/mol. The molecule has 0 saturated heterocycles. The molecular formula is C28H25IN4O3S. The smallest absolute Gasteiger partial charge is 0.271 e. The van der Waals surface area contributed by atoms with Gasteiger partial charge in [-0.15, -0.1) is 11.3 Å². The van der Waals surface area contributed by atoms with Gasteiger partial charge in [0, 0.05) is 22.2 Å². The van der Waals surface area contributed by atoms with E-state index in [-0.39, 0.29) is 5.91 Å². The summed E-state index contributed by atoms with van der Waals surface area (Å²) < 4.78 is 11.9. The van der Waals surface area contributed by atoms with Gasteiger partial charge in [-0.2, -0.15) is 5.10 Å². The number of hydrogen-bond acceptors (Lipinski definition) is 7. The van der Waals surface area contributed by atoms with E-state index in [1.807, 2.05) is 35.7 Å². The second-order valence-electron chi connectivity index (χ2n) is 7.94. The second-order valence-corrected chi connectivity index (χ2v) is 9.96. The number of methoxy groups -OCH3 is 1. The first-order valence-corrected chi connectivity index (χ1v) is 13.3. The molecule has 0 aliphatic heterocycles. The highest BCUT2D eigenvalue weighted by Crippen LogP contribution is 2.33. The molecule has 37 heavy (non-hydrogen) atoms. The van der Waals surface area contributed by atoms with Crippen molar-refractivity contribution in [2.45, 2.75) is 6.92 Å². The monoisotopic (exact) mass is 624 g/mol. The molecule has 4 aromatic rings. The highest BCUT2D eigenvalue weighted by atomic mass is 127. The van der Waals surface area contributed by atoms with Crippen LogP contribution in [0.25, 0.3) is 11.3 Å². The van der Waals surface area contributed by atoms with Crippen LogP contribution in [0.3, 0.4) is 0 Å². The third-order valence-corrected chi connectivity index (χ3v) is 6.79. The lowest BCUT2D eigenvalue weighted by atomic mass is 10.1. The van der Waals surface area contributed by atoms with E-state index in [4.69, 9.17) is 9.47 Å². The number of amides is 1. The van der Waals surface area contributed by atoms with Gasteiger partial charge >= 0.3 is 0 Å². The van der Waals surface area contributed by atoms with Crippen LogP contribution in [0.5, 0.6) is 11.5 Å². The van der Waals surface area contributed by atoms with Gasteiger partial charge in [-0.3, -0.25) is 4.79 Å². The molecule has 4 rings (SSSR count). The highest BCUT2D eigenvalue weighted by molar-refractivity contribution is 14.1. The van der Waals surface area contributed by atoms with Crippen LogP contribution in [0.1, 0.15) is 21.5 Å². The number of aromatic nitrogens is 1. The zero-order chi connectivity index (χ0) is 26.2. The van der Waals surface area contributed by atoms with E-state index in [9.17, 15) is 4.79 Å². The van der Waals surface area contributed by atoms with Crippen molar-refractivity contribution in [3.63, 3.8) is 0 Å². The number of carbonyl (C=O) groups excluding carboxylic acids is 1. The van der Waals surface area contributed by atoms with Gasteiger partial charge in [0.15, 0.2) is 16.6 Å². The minimum absolute atomic E-state index is 0.310. The molecule has 0 unspecified atom stereocenters. The van der Waals surface area contributed by atoms with Gasteiger partial charge in [-0.25, -0.2) is 10.4 Å². The van der Waals surface area contributed by atoms with Crippen molar-refractivity contribution in [2.24, 2.45) is 5.10 Å². The van der Waals surface area contributed by atoms with E-state index in [1.54, 1.807) is 37.6 Å². The fourth-order valence-electron chi connectivity index (χ4n) is 3.34. The molecule has 0 fully saturated rings. The fraction of sp³-hybridized carbons (Fsp3) is 0.107. The van der Waals surface area contributed by atoms with Gasteiger partial charge in [-0.05, 0) is 71.5 Å². The third kappa shape index (κ3) is 6.95. The maximum atomic E-state index is 12.6. The fourth-order valence-corrected chi connectivity index (χ4v) is 4.86. The number of aryl methyl sites for hydroxylation is 1. The van der Waals surface area contributed by atoms with E-state index in [0.29, 0.717) is 23.7 Å². The minimum atomic E-state index is -0.310. The number of hydrazone groups is 1. The van der Waals surface area contributed by atoms with Gasteiger partial charge in [0.25, 0.3) is 5.91 Å². The first kappa shape index (κ1) is 26.4. The zero-order valence-corrected chi connectivity index (χ0v) is 23.3. The molecule has 0 radical (unpaired) electrons. The van der Waals surface area contributed by atoms with Gasteiger partial charge in [0.2, 0.25) is 0 Å². The van der Waals surface area contributed by atoms with Crippen LogP contribution in [0.2, 0.25) is 0 Å². The molecule has 188 valence electrons. The minimum Gasteiger partial charge on any atom is -0.493 e. The predicted molar refractivity (Wildman–Crippen MR) is 158 cm³/mol. The molecule has 1 heterocycles. The van der Waals surface area contributed by atoms with Crippen molar-refractivity contribution in [2.75, 3.05) is 19.0 Å². The van der Waals surface area contributed by atoms with Crippen molar-refractivity contribution < 1.29 is 14.3 Å². The van der Waals surface area contributed by atoms with Crippen molar-refractivity contribution >= 4 is 56.9 Å². The van der Waals surface area contributed by atoms with Gasteiger partial charge in [0.1, 0.15) is 6.61 Å². The molecule has 0 aliphatic rings. The second kappa shape index (κ2) is 12.5. The number of anilines is 2. The van der Waals surface area contributed by atoms with Crippen molar-refractivity contribution in [1.29, 1.82) is 0 Å². The summed E-state index contributed by atoms with van der Waals surface area (Å²) >= 11 is 3.70. The zero-order valence-electron chi connectivity index (χ0n) is 20.3. The van der Waals surface area contributed by atoms with E-state index in [1.165, 1.54) is 16.9 Å².